The van der Waals surface area contributed by atoms with Crippen LogP contribution >= 0.6 is 0 Å². The minimum absolute atomic E-state index is 0.0199. The number of fused-ring (bicyclic) bond motifs is 3. The highest BCUT2D eigenvalue weighted by molar-refractivity contribution is 5.65. The number of rotatable bonds is 2. The number of nitrogens with one attached hydrogen (secondary N) is 1. The van der Waals surface area contributed by atoms with Crippen LogP contribution in [0.15, 0.2) is 54.6 Å². The lowest BCUT2D eigenvalue weighted by molar-refractivity contribution is -0.137. The van der Waals surface area contributed by atoms with Gasteiger partial charge >= 0.3 is 6.18 Å². The van der Waals surface area contributed by atoms with E-state index in [1.54, 1.807) is 13.2 Å². The van der Waals surface area contributed by atoms with Crippen LogP contribution in [0.1, 0.15) is 35.1 Å². The Labute approximate surface area is 144 Å². The lowest BCUT2D eigenvalue weighted by Crippen LogP contribution is -2.31. The monoisotopic (exact) mass is 345 g/mol. The van der Waals surface area contributed by atoms with Crippen LogP contribution in [-0.2, 0) is 6.18 Å². The number of para-hydroxylation sites is 2. The minimum Gasteiger partial charge on any atom is -0.496 e. The summed E-state index contributed by atoms with van der Waals surface area (Å²) in [5, 5.41) is 3.19. The van der Waals surface area contributed by atoms with Gasteiger partial charge in [0.25, 0.3) is 0 Å². The molecule has 2 aliphatic rings. The van der Waals surface area contributed by atoms with Crippen molar-refractivity contribution in [1.29, 1.82) is 0 Å². The number of hydrogen-bond donors (Lipinski definition) is 1. The van der Waals surface area contributed by atoms with E-state index in [2.05, 4.69) is 11.4 Å². The van der Waals surface area contributed by atoms with Crippen LogP contribution in [0, 0.1) is 5.92 Å². The number of hydrogen-bond acceptors (Lipinski definition) is 2. The quantitative estimate of drug-likeness (QED) is 0.722. The Morgan fingerprint density at radius 3 is 2.56 bits per heavy atom. The zero-order valence-corrected chi connectivity index (χ0v) is 13.7. The van der Waals surface area contributed by atoms with Crippen LogP contribution in [0.4, 0.5) is 18.9 Å². The maximum absolute atomic E-state index is 13.5. The van der Waals surface area contributed by atoms with E-state index in [0.29, 0.717) is 5.75 Å². The Morgan fingerprint density at radius 2 is 1.80 bits per heavy atom. The summed E-state index contributed by atoms with van der Waals surface area (Å²) in [5.41, 5.74) is 1.20. The summed E-state index contributed by atoms with van der Waals surface area (Å²) in [5.74, 6) is 0.847. The van der Waals surface area contributed by atoms with Gasteiger partial charge in [-0.15, -0.1) is 0 Å². The molecule has 1 heterocycles. The van der Waals surface area contributed by atoms with Crippen molar-refractivity contribution < 1.29 is 17.9 Å². The third kappa shape index (κ3) is 2.58. The average molecular weight is 345 g/mol. The molecule has 5 heteroatoms. The molecule has 4 rings (SSSR count). The first-order valence-electron chi connectivity index (χ1n) is 8.27. The highest BCUT2D eigenvalue weighted by Crippen LogP contribution is 2.53. The average Bonchev–Trinajstić information content (AvgIpc) is 3.09. The molecule has 1 aliphatic carbocycles. The number of halogens is 3. The summed E-state index contributed by atoms with van der Waals surface area (Å²) < 4.78 is 46.0. The molecule has 1 aliphatic heterocycles. The standard InChI is InChI=1S/C20H18F3NO/c1-25-17-11-3-2-6-15(17)18-13-8-4-7-12(13)14-9-5-10-16(19(14)24-18)20(21,22)23/h2-7,9-13,18,24H,8H2,1H3/t12-,13+,18+/m0/s1. The van der Waals surface area contributed by atoms with Crippen molar-refractivity contribution in [2.75, 3.05) is 12.4 Å². The highest BCUT2D eigenvalue weighted by Gasteiger charge is 2.43. The van der Waals surface area contributed by atoms with E-state index >= 15 is 0 Å². The van der Waals surface area contributed by atoms with Gasteiger partial charge in [0.2, 0.25) is 0 Å². The molecule has 0 aromatic heterocycles. The predicted octanol–water partition coefficient (Wildman–Crippen LogP) is 5.54. The molecule has 0 fully saturated rings. The Kier molecular flexibility index (Phi) is 3.74. The number of ether oxygens (including phenoxy) is 1. The molecule has 0 unspecified atom stereocenters. The fraction of sp³-hybridized carbons (Fsp3) is 0.300. The third-order valence-electron chi connectivity index (χ3n) is 5.18. The van der Waals surface area contributed by atoms with Crippen molar-refractivity contribution in [2.24, 2.45) is 5.92 Å². The van der Waals surface area contributed by atoms with E-state index in [0.717, 1.165) is 23.6 Å². The van der Waals surface area contributed by atoms with Gasteiger partial charge in [0.1, 0.15) is 5.75 Å². The zero-order chi connectivity index (χ0) is 17.6. The summed E-state index contributed by atoms with van der Waals surface area (Å²) in [6, 6.07) is 11.7. The van der Waals surface area contributed by atoms with Crippen molar-refractivity contribution in [3.63, 3.8) is 0 Å². The lowest BCUT2D eigenvalue weighted by atomic mass is 9.76. The van der Waals surface area contributed by atoms with E-state index in [-0.39, 0.29) is 23.6 Å². The summed E-state index contributed by atoms with van der Waals surface area (Å²) in [4.78, 5) is 0. The molecule has 0 amide bonds. The lowest BCUT2D eigenvalue weighted by Gasteiger charge is -2.39. The molecule has 1 N–H and O–H groups in total. The number of anilines is 1. The largest absolute Gasteiger partial charge is 0.496 e. The normalized spacial score (nSPS) is 24.4. The van der Waals surface area contributed by atoms with Gasteiger partial charge in [0.05, 0.1) is 24.4 Å². The second-order valence-corrected chi connectivity index (χ2v) is 6.49. The maximum atomic E-state index is 13.5. The molecule has 3 atom stereocenters. The van der Waals surface area contributed by atoms with Crippen LogP contribution in [0.25, 0.3) is 0 Å². The summed E-state index contributed by atoms with van der Waals surface area (Å²) in [7, 11) is 1.58. The van der Waals surface area contributed by atoms with Crippen LogP contribution in [0.5, 0.6) is 5.75 Å². The zero-order valence-electron chi connectivity index (χ0n) is 13.7. The van der Waals surface area contributed by atoms with E-state index < -0.39 is 11.7 Å². The number of methoxy groups -OCH3 is 1. The van der Waals surface area contributed by atoms with Gasteiger partial charge in [-0.05, 0) is 30.0 Å². The first-order valence-corrected chi connectivity index (χ1v) is 8.27. The minimum atomic E-state index is -4.39. The molecule has 130 valence electrons. The predicted molar refractivity (Wildman–Crippen MR) is 90.8 cm³/mol. The second kappa shape index (κ2) is 5.83. The van der Waals surface area contributed by atoms with Crippen LogP contribution < -0.4 is 10.1 Å². The molecule has 0 saturated carbocycles. The van der Waals surface area contributed by atoms with Crippen LogP contribution in [-0.4, -0.2) is 7.11 Å². The third-order valence-corrected chi connectivity index (χ3v) is 5.18. The van der Waals surface area contributed by atoms with Crippen molar-refractivity contribution in [2.45, 2.75) is 24.6 Å². The van der Waals surface area contributed by atoms with Gasteiger partial charge in [0.15, 0.2) is 0 Å². The first-order chi connectivity index (χ1) is 12.0. The van der Waals surface area contributed by atoms with Gasteiger partial charge < -0.3 is 10.1 Å². The van der Waals surface area contributed by atoms with E-state index in [4.69, 9.17) is 4.74 Å². The molecule has 25 heavy (non-hydrogen) atoms. The fourth-order valence-electron chi connectivity index (χ4n) is 4.09. The van der Waals surface area contributed by atoms with Crippen molar-refractivity contribution >= 4 is 5.69 Å². The van der Waals surface area contributed by atoms with Crippen molar-refractivity contribution in [3.8, 4) is 5.75 Å². The van der Waals surface area contributed by atoms with Gasteiger partial charge in [-0.1, -0.05) is 42.5 Å². The SMILES string of the molecule is COc1ccccc1[C@@H]1Nc2c(cccc2C(F)(F)F)[C@H]2C=CC[C@H]21. The van der Waals surface area contributed by atoms with Crippen molar-refractivity contribution in [3.05, 3.63) is 71.3 Å². The van der Waals surface area contributed by atoms with E-state index in [1.165, 1.54) is 6.07 Å². The maximum Gasteiger partial charge on any atom is 0.418 e. The number of allylic oxidation sites excluding steroid dienone is 2. The Morgan fingerprint density at radius 1 is 1.04 bits per heavy atom. The molecule has 0 bridgehead atoms. The molecule has 0 saturated heterocycles. The van der Waals surface area contributed by atoms with Gasteiger partial charge in [0, 0.05) is 11.5 Å². The second-order valence-electron chi connectivity index (χ2n) is 6.49. The van der Waals surface area contributed by atoms with Gasteiger partial charge in [-0.2, -0.15) is 13.2 Å². The topological polar surface area (TPSA) is 21.3 Å². The molecule has 2 aromatic carbocycles. The Bertz CT molecular complexity index is 828. The summed E-state index contributed by atoms with van der Waals surface area (Å²) in [6.45, 7) is 0. The number of alkyl halides is 3. The van der Waals surface area contributed by atoms with Crippen LogP contribution in [0.3, 0.4) is 0 Å². The number of benzene rings is 2. The smallest absolute Gasteiger partial charge is 0.418 e. The Balaban J connectivity index is 1.87. The molecular weight excluding hydrogens is 327 g/mol. The molecule has 2 aromatic rings. The summed E-state index contributed by atoms with van der Waals surface area (Å²) >= 11 is 0. The van der Waals surface area contributed by atoms with Gasteiger partial charge in [-0.25, -0.2) is 0 Å². The van der Waals surface area contributed by atoms with Crippen LogP contribution in [0.2, 0.25) is 0 Å². The summed E-state index contributed by atoms with van der Waals surface area (Å²) in [6.07, 6.45) is 0.538. The Hall–Kier alpha value is -2.43. The fourth-order valence-corrected chi connectivity index (χ4v) is 4.09. The first kappa shape index (κ1) is 16.1. The molecule has 0 radical (unpaired) electrons. The van der Waals surface area contributed by atoms with Crippen molar-refractivity contribution in [1.82, 2.24) is 0 Å². The van der Waals surface area contributed by atoms with Gasteiger partial charge in [-0.3, -0.25) is 0 Å². The van der Waals surface area contributed by atoms with E-state index in [9.17, 15) is 13.2 Å². The molecule has 2 nitrogen and oxygen atoms in total. The molecule has 0 spiro atoms. The van der Waals surface area contributed by atoms with E-state index in [1.807, 2.05) is 30.3 Å². The highest BCUT2D eigenvalue weighted by atomic mass is 19.4. The molecular formula is C20H18F3NO.